The highest BCUT2D eigenvalue weighted by Gasteiger charge is 2.36. The molecule has 1 saturated heterocycles. The van der Waals surface area contributed by atoms with Crippen molar-refractivity contribution in [2.75, 3.05) is 4.90 Å². The van der Waals surface area contributed by atoms with Gasteiger partial charge >= 0.3 is 6.03 Å². The molecule has 6 nitrogen and oxygen atoms in total. The number of halogens is 1. The smallest absolute Gasteiger partial charge is 0.335 e. The lowest BCUT2D eigenvalue weighted by Crippen LogP contribution is -2.54. The Labute approximate surface area is 130 Å². The van der Waals surface area contributed by atoms with Gasteiger partial charge in [0.1, 0.15) is 11.4 Å². The zero-order valence-electron chi connectivity index (χ0n) is 12.1. The second-order valence-corrected chi connectivity index (χ2v) is 5.05. The van der Waals surface area contributed by atoms with Crippen LogP contribution in [0.2, 0.25) is 0 Å². The van der Waals surface area contributed by atoms with Crippen molar-refractivity contribution in [1.82, 2.24) is 9.88 Å². The van der Waals surface area contributed by atoms with Crippen LogP contribution < -0.4 is 10.2 Å². The SMILES string of the molecule is Cn1ccc(/C=C2/C(=O)NC(=O)N(c3cccc(F)c3)C2=O)c1. The minimum Gasteiger partial charge on any atom is -0.357 e. The summed E-state index contributed by atoms with van der Waals surface area (Å²) >= 11 is 0. The summed E-state index contributed by atoms with van der Waals surface area (Å²) in [6, 6.07) is 5.85. The molecule has 4 amide bonds. The van der Waals surface area contributed by atoms with Crippen LogP contribution in [0.25, 0.3) is 6.08 Å². The maximum Gasteiger partial charge on any atom is 0.335 e. The summed E-state index contributed by atoms with van der Waals surface area (Å²) in [6.07, 6.45) is 4.86. The van der Waals surface area contributed by atoms with Crippen molar-refractivity contribution in [3.8, 4) is 0 Å². The molecule has 0 spiro atoms. The number of benzene rings is 1. The summed E-state index contributed by atoms with van der Waals surface area (Å²) in [5, 5.41) is 2.08. The first-order chi connectivity index (χ1) is 11.0. The first-order valence-corrected chi connectivity index (χ1v) is 6.75. The highest BCUT2D eigenvalue weighted by atomic mass is 19.1. The molecule has 0 unspecified atom stereocenters. The summed E-state index contributed by atoms with van der Waals surface area (Å²) in [5.41, 5.74) is 0.499. The molecular weight excluding hydrogens is 301 g/mol. The Bertz CT molecular complexity index is 854. The Balaban J connectivity index is 2.02. The number of barbiturate groups is 1. The summed E-state index contributed by atoms with van der Waals surface area (Å²) in [5.74, 6) is -2.17. The molecule has 1 aromatic heterocycles. The van der Waals surface area contributed by atoms with Crippen LogP contribution in [0.15, 0.2) is 48.3 Å². The van der Waals surface area contributed by atoms with Gasteiger partial charge in [0.25, 0.3) is 11.8 Å². The fraction of sp³-hybridized carbons (Fsp3) is 0.0625. The van der Waals surface area contributed by atoms with Gasteiger partial charge in [0.15, 0.2) is 0 Å². The molecule has 0 radical (unpaired) electrons. The lowest BCUT2D eigenvalue weighted by molar-refractivity contribution is -0.122. The summed E-state index contributed by atoms with van der Waals surface area (Å²) in [7, 11) is 1.80. The van der Waals surface area contributed by atoms with Gasteiger partial charge in [-0.05, 0) is 35.9 Å². The zero-order valence-corrected chi connectivity index (χ0v) is 12.1. The number of carbonyl (C=O) groups excluding carboxylic acids is 3. The Hall–Kier alpha value is -3.22. The number of amides is 4. The number of aryl methyl sites for hydroxylation is 1. The number of nitrogens with one attached hydrogen (secondary N) is 1. The molecule has 2 aromatic rings. The van der Waals surface area contributed by atoms with Gasteiger partial charge in [0.2, 0.25) is 0 Å². The molecular formula is C16H12FN3O3. The monoisotopic (exact) mass is 313 g/mol. The van der Waals surface area contributed by atoms with Gasteiger partial charge in [0, 0.05) is 19.4 Å². The molecule has 0 bridgehead atoms. The number of aromatic nitrogens is 1. The Morgan fingerprint density at radius 3 is 2.61 bits per heavy atom. The van der Waals surface area contributed by atoms with Gasteiger partial charge in [-0.1, -0.05) is 6.07 Å². The van der Waals surface area contributed by atoms with Crippen molar-refractivity contribution in [3.05, 3.63) is 59.7 Å². The number of urea groups is 1. The molecule has 0 atom stereocenters. The van der Waals surface area contributed by atoms with Gasteiger partial charge in [-0.2, -0.15) is 0 Å². The van der Waals surface area contributed by atoms with E-state index in [9.17, 15) is 18.8 Å². The van der Waals surface area contributed by atoms with Crippen molar-refractivity contribution >= 4 is 29.6 Å². The quantitative estimate of drug-likeness (QED) is 0.679. The van der Waals surface area contributed by atoms with Gasteiger partial charge in [-0.25, -0.2) is 14.1 Å². The second-order valence-electron chi connectivity index (χ2n) is 5.05. The number of hydrogen-bond acceptors (Lipinski definition) is 3. The van der Waals surface area contributed by atoms with E-state index in [-0.39, 0.29) is 11.3 Å². The predicted octanol–water partition coefficient (Wildman–Crippen LogP) is 1.83. The van der Waals surface area contributed by atoms with Crippen LogP contribution in [0.3, 0.4) is 0 Å². The molecule has 1 aliphatic rings. The fourth-order valence-corrected chi connectivity index (χ4v) is 2.28. The van der Waals surface area contributed by atoms with E-state index < -0.39 is 23.7 Å². The minimum atomic E-state index is -0.907. The van der Waals surface area contributed by atoms with Crippen LogP contribution in [-0.4, -0.2) is 22.4 Å². The highest BCUT2D eigenvalue weighted by Crippen LogP contribution is 2.22. The van der Waals surface area contributed by atoms with E-state index in [1.165, 1.54) is 24.3 Å². The standard InChI is InChI=1S/C16H12FN3O3/c1-19-6-5-10(9-19)7-13-14(21)18-16(23)20(15(13)22)12-4-2-3-11(17)8-12/h2-9H,1H3,(H,18,21,23)/b13-7-. The Kier molecular flexibility index (Phi) is 3.53. The molecule has 0 aliphatic carbocycles. The Morgan fingerprint density at radius 1 is 1.17 bits per heavy atom. The van der Waals surface area contributed by atoms with Crippen molar-refractivity contribution in [3.63, 3.8) is 0 Å². The van der Waals surface area contributed by atoms with E-state index in [0.29, 0.717) is 5.56 Å². The van der Waals surface area contributed by atoms with Crippen molar-refractivity contribution in [2.24, 2.45) is 7.05 Å². The van der Waals surface area contributed by atoms with Gasteiger partial charge in [-0.3, -0.25) is 14.9 Å². The van der Waals surface area contributed by atoms with E-state index in [0.717, 1.165) is 11.0 Å². The molecule has 1 aromatic carbocycles. The Morgan fingerprint density at radius 2 is 1.96 bits per heavy atom. The largest absolute Gasteiger partial charge is 0.357 e. The van der Waals surface area contributed by atoms with Crippen LogP contribution in [0.5, 0.6) is 0 Å². The molecule has 23 heavy (non-hydrogen) atoms. The molecule has 1 N–H and O–H groups in total. The fourth-order valence-electron chi connectivity index (χ4n) is 2.28. The van der Waals surface area contributed by atoms with Crippen LogP contribution in [0.1, 0.15) is 5.56 Å². The number of imide groups is 2. The predicted molar refractivity (Wildman–Crippen MR) is 80.8 cm³/mol. The van der Waals surface area contributed by atoms with E-state index in [1.807, 2.05) is 0 Å². The van der Waals surface area contributed by atoms with Gasteiger partial charge in [0.05, 0.1) is 5.69 Å². The molecule has 1 fully saturated rings. The summed E-state index contributed by atoms with van der Waals surface area (Å²) in [4.78, 5) is 37.1. The third-order valence-corrected chi connectivity index (χ3v) is 3.33. The molecule has 1 aliphatic heterocycles. The topological polar surface area (TPSA) is 71.4 Å². The molecule has 3 rings (SSSR count). The average Bonchev–Trinajstić information content (AvgIpc) is 2.89. The normalized spacial score (nSPS) is 16.9. The van der Waals surface area contributed by atoms with E-state index >= 15 is 0 Å². The number of carbonyl (C=O) groups is 3. The van der Waals surface area contributed by atoms with Crippen LogP contribution in [0, 0.1) is 5.82 Å². The highest BCUT2D eigenvalue weighted by molar-refractivity contribution is 6.39. The summed E-state index contributed by atoms with van der Waals surface area (Å²) < 4.78 is 15.1. The zero-order chi connectivity index (χ0) is 16.6. The van der Waals surface area contributed by atoms with Gasteiger partial charge in [-0.15, -0.1) is 0 Å². The van der Waals surface area contributed by atoms with Crippen molar-refractivity contribution in [2.45, 2.75) is 0 Å². The van der Waals surface area contributed by atoms with E-state index in [1.54, 1.807) is 30.1 Å². The van der Waals surface area contributed by atoms with E-state index in [2.05, 4.69) is 5.32 Å². The molecule has 116 valence electrons. The number of nitrogens with zero attached hydrogens (tertiary/aromatic N) is 2. The van der Waals surface area contributed by atoms with Crippen molar-refractivity contribution < 1.29 is 18.8 Å². The van der Waals surface area contributed by atoms with Crippen molar-refractivity contribution in [1.29, 1.82) is 0 Å². The van der Waals surface area contributed by atoms with Crippen LogP contribution in [0.4, 0.5) is 14.9 Å². The third kappa shape index (κ3) is 2.76. The number of rotatable bonds is 2. The molecule has 2 heterocycles. The molecule has 0 saturated carbocycles. The third-order valence-electron chi connectivity index (χ3n) is 3.33. The maximum atomic E-state index is 13.3. The first-order valence-electron chi connectivity index (χ1n) is 6.75. The average molecular weight is 313 g/mol. The number of anilines is 1. The maximum absolute atomic E-state index is 13.3. The lowest BCUT2D eigenvalue weighted by atomic mass is 10.1. The molecule has 7 heteroatoms. The first kappa shape index (κ1) is 14.7. The van der Waals surface area contributed by atoms with Crippen LogP contribution >= 0.6 is 0 Å². The van der Waals surface area contributed by atoms with Gasteiger partial charge < -0.3 is 4.57 Å². The summed E-state index contributed by atoms with van der Waals surface area (Å²) in [6.45, 7) is 0. The van der Waals surface area contributed by atoms with E-state index in [4.69, 9.17) is 0 Å². The number of hydrogen-bond donors (Lipinski definition) is 1. The minimum absolute atomic E-state index is 0.0546. The lowest BCUT2D eigenvalue weighted by Gasteiger charge is -2.26. The van der Waals surface area contributed by atoms with Crippen LogP contribution in [-0.2, 0) is 16.6 Å². The second kappa shape index (κ2) is 5.53.